The minimum absolute atomic E-state index is 0.186. The second-order valence-corrected chi connectivity index (χ2v) is 7.65. The fraction of sp³-hybridized carbons (Fsp3) is 0.667. The molecule has 1 aliphatic heterocycles. The zero-order valence-electron chi connectivity index (χ0n) is 9.86. The van der Waals surface area contributed by atoms with Crippen molar-refractivity contribution in [2.75, 3.05) is 6.54 Å². The number of fused-ring (bicyclic) bond motifs is 1. The van der Waals surface area contributed by atoms with Crippen molar-refractivity contribution < 1.29 is 13.5 Å². The Morgan fingerprint density at radius 2 is 2.17 bits per heavy atom. The zero-order valence-corrected chi connectivity index (χ0v) is 10.7. The summed E-state index contributed by atoms with van der Waals surface area (Å²) in [5.41, 5.74) is 0. The van der Waals surface area contributed by atoms with Crippen LogP contribution >= 0.6 is 0 Å². The number of sulfonamides is 1. The molecule has 2 aliphatic carbocycles. The van der Waals surface area contributed by atoms with Crippen LogP contribution in [-0.2, 0) is 10.0 Å². The van der Waals surface area contributed by atoms with E-state index < -0.39 is 16.1 Å². The van der Waals surface area contributed by atoms with Crippen LogP contribution in [0.3, 0.4) is 0 Å². The van der Waals surface area contributed by atoms with Crippen LogP contribution in [0.5, 0.6) is 0 Å². The number of aliphatic hydroxyl groups excluding tert-OH is 1. The number of aromatic amines is 1. The minimum atomic E-state index is -3.45. The lowest BCUT2D eigenvalue weighted by molar-refractivity contribution is 0.0731. The normalized spacial score (nSPS) is 42.8. The van der Waals surface area contributed by atoms with Crippen molar-refractivity contribution in [3.63, 3.8) is 0 Å². The van der Waals surface area contributed by atoms with E-state index in [1.54, 1.807) is 16.6 Å². The van der Waals surface area contributed by atoms with Crippen molar-refractivity contribution in [1.29, 1.82) is 0 Å². The zero-order chi connectivity index (χ0) is 12.5. The van der Waals surface area contributed by atoms with Gasteiger partial charge in [0.1, 0.15) is 0 Å². The Bertz CT molecular complexity index is 566. The molecule has 0 aromatic carbocycles. The summed E-state index contributed by atoms with van der Waals surface area (Å²) >= 11 is 0. The van der Waals surface area contributed by atoms with Crippen molar-refractivity contribution in [3.05, 3.63) is 18.5 Å². The first-order valence-electron chi connectivity index (χ1n) is 6.42. The van der Waals surface area contributed by atoms with Crippen molar-refractivity contribution in [1.82, 2.24) is 9.29 Å². The van der Waals surface area contributed by atoms with Crippen LogP contribution in [0, 0.1) is 17.8 Å². The average Bonchev–Trinajstić information content (AvgIpc) is 3.03. The minimum Gasteiger partial charge on any atom is -0.391 e. The maximum Gasteiger partial charge on any atom is 0.244 e. The Balaban J connectivity index is 1.75. The van der Waals surface area contributed by atoms with Gasteiger partial charge in [0.05, 0.1) is 17.0 Å². The van der Waals surface area contributed by atoms with Crippen LogP contribution in [0.2, 0.25) is 0 Å². The highest BCUT2D eigenvalue weighted by Crippen LogP contribution is 2.55. The quantitative estimate of drug-likeness (QED) is 0.815. The number of nitrogens with zero attached hydrogens (tertiary/aromatic N) is 1. The van der Waals surface area contributed by atoms with E-state index in [9.17, 15) is 13.5 Å². The lowest BCUT2D eigenvalue weighted by Gasteiger charge is -2.27. The third kappa shape index (κ3) is 1.21. The fourth-order valence-corrected chi connectivity index (χ4v) is 5.96. The van der Waals surface area contributed by atoms with E-state index in [0.717, 1.165) is 12.8 Å². The molecule has 5 nitrogen and oxygen atoms in total. The molecule has 3 aliphatic rings. The molecule has 1 aromatic rings. The topological polar surface area (TPSA) is 73.4 Å². The van der Waals surface area contributed by atoms with Crippen molar-refractivity contribution in [2.45, 2.75) is 29.9 Å². The smallest absolute Gasteiger partial charge is 0.244 e. The first-order chi connectivity index (χ1) is 8.59. The van der Waals surface area contributed by atoms with Crippen LogP contribution in [0.25, 0.3) is 0 Å². The van der Waals surface area contributed by atoms with E-state index in [4.69, 9.17) is 0 Å². The molecule has 0 amide bonds. The molecule has 5 atom stereocenters. The Hall–Kier alpha value is -0.850. The maximum atomic E-state index is 12.5. The SMILES string of the molecule is O=S(=O)(c1cc[nH]c1)N1CC2CC3CC2C1C3O. The lowest BCUT2D eigenvalue weighted by atomic mass is 9.88. The molecule has 1 aromatic heterocycles. The third-order valence-electron chi connectivity index (χ3n) is 4.98. The summed E-state index contributed by atoms with van der Waals surface area (Å²) in [6.45, 7) is 0.580. The molecule has 2 N–H and O–H groups in total. The number of hydrogen-bond donors (Lipinski definition) is 2. The summed E-state index contributed by atoms with van der Waals surface area (Å²) in [5, 5.41) is 10.2. The van der Waals surface area contributed by atoms with E-state index in [2.05, 4.69) is 4.98 Å². The van der Waals surface area contributed by atoms with Crippen molar-refractivity contribution in [3.8, 4) is 0 Å². The van der Waals surface area contributed by atoms with Gasteiger partial charge in [0.2, 0.25) is 10.0 Å². The van der Waals surface area contributed by atoms with E-state index >= 15 is 0 Å². The van der Waals surface area contributed by atoms with E-state index in [1.807, 2.05) is 0 Å². The van der Waals surface area contributed by atoms with Gasteiger partial charge in [0, 0.05) is 18.9 Å². The molecule has 0 radical (unpaired) electrons. The van der Waals surface area contributed by atoms with Crippen LogP contribution in [0.15, 0.2) is 23.4 Å². The standard InChI is InChI=1S/C12H16N2O3S/c15-12-7-3-8-6-14(11(12)10(8)4-7)18(16,17)9-1-2-13-5-9/h1-2,5,7-8,10-13,15H,3-4,6H2. The highest BCUT2D eigenvalue weighted by atomic mass is 32.2. The average molecular weight is 268 g/mol. The van der Waals surface area contributed by atoms with Crippen LogP contribution in [0.4, 0.5) is 0 Å². The van der Waals surface area contributed by atoms with Crippen LogP contribution in [-0.4, -0.2) is 41.5 Å². The summed E-state index contributed by atoms with van der Waals surface area (Å²) in [6, 6.07) is 1.39. The van der Waals surface area contributed by atoms with Gasteiger partial charge in [-0.25, -0.2) is 8.42 Å². The van der Waals surface area contributed by atoms with E-state index in [-0.39, 0.29) is 6.04 Å². The summed E-state index contributed by atoms with van der Waals surface area (Å²) in [5.74, 6) is 1.15. The second kappa shape index (κ2) is 3.37. The number of aliphatic hydroxyl groups is 1. The Morgan fingerprint density at radius 3 is 2.83 bits per heavy atom. The summed E-state index contributed by atoms with van der Waals surface area (Å²) in [4.78, 5) is 3.09. The van der Waals surface area contributed by atoms with Crippen LogP contribution in [0.1, 0.15) is 12.8 Å². The molecule has 4 rings (SSSR count). The van der Waals surface area contributed by atoms with Crippen molar-refractivity contribution in [2.24, 2.45) is 17.8 Å². The number of nitrogens with one attached hydrogen (secondary N) is 1. The summed E-state index contributed by atoms with van der Waals surface area (Å²) in [6.07, 6.45) is 4.64. The summed E-state index contributed by atoms with van der Waals surface area (Å²) < 4.78 is 26.6. The highest BCUT2D eigenvalue weighted by Gasteiger charge is 2.61. The lowest BCUT2D eigenvalue weighted by Crippen LogP contribution is -2.43. The second-order valence-electron chi connectivity index (χ2n) is 5.76. The van der Waals surface area contributed by atoms with Gasteiger partial charge in [-0.15, -0.1) is 0 Å². The Kier molecular flexibility index (Phi) is 2.06. The largest absolute Gasteiger partial charge is 0.391 e. The van der Waals surface area contributed by atoms with Gasteiger partial charge in [-0.1, -0.05) is 0 Å². The molecule has 2 bridgehead atoms. The van der Waals surface area contributed by atoms with Gasteiger partial charge >= 0.3 is 0 Å². The maximum absolute atomic E-state index is 12.5. The number of rotatable bonds is 2. The predicted octanol–water partition coefficient (Wildman–Crippen LogP) is 0.405. The molecule has 0 spiro atoms. The molecular formula is C12H16N2O3S. The van der Waals surface area contributed by atoms with Gasteiger partial charge in [0.15, 0.2) is 0 Å². The Labute approximate surface area is 106 Å². The van der Waals surface area contributed by atoms with Gasteiger partial charge in [-0.05, 0) is 36.7 Å². The highest BCUT2D eigenvalue weighted by molar-refractivity contribution is 7.89. The molecule has 2 saturated carbocycles. The molecular weight excluding hydrogens is 252 g/mol. The number of hydrogen-bond acceptors (Lipinski definition) is 3. The fourth-order valence-electron chi connectivity index (χ4n) is 4.24. The Morgan fingerprint density at radius 1 is 1.33 bits per heavy atom. The molecule has 98 valence electrons. The third-order valence-corrected chi connectivity index (χ3v) is 6.84. The van der Waals surface area contributed by atoms with Gasteiger partial charge < -0.3 is 10.1 Å². The molecule has 3 fully saturated rings. The van der Waals surface area contributed by atoms with Gasteiger partial charge in [-0.2, -0.15) is 4.31 Å². The monoisotopic (exact) mass is 268 g/mol. The number of H-pyrrole nitrogens is 1. The molecule has 5 unspecified atom stereocenters. The molecule has 1 saturated heterocycles. The summed E-state index contributed by atoms with van der Waals surface area (Å²) in [7, 11) is -3.45. The number of aromatic nitrogens is 1. The first kappa shape index (κ1) is 11.0. The molecule has 6 heteroatoms. The van der Waals surface area contributed by atoms with E-state index in [0.29, 0.717) is 29.2 Å². The molecule has 18 heavy (non-hydrogen) atoms. The van der Waals surface area contributed by atoms with Gasteiger partial charge in [0.25, 0.3) is 0 Å². The molecule has 2 heterocycles. The van der Waals surface area contributed by atoms with Crippen LogP contribution < -0.4 is 0 Å². The van der Waals surface area contributed by atoms with Crippen molar-refractivity contribution >= 4 is 10.0 Å². The first-order valence-corrected chi connectivity index (χ1v) is 7.86. The van der Waals surface area contributed by atoms with Gasteiger partial charge in [-0.3, -0.25) is 0 Å². The predicted molar refractivity (Wildman–Crippen MR) is 64.2 cm³/mol. The van der Waals surface area contributed by atoms with E-state index in [1.165, 1.54) is 6.20 Å².